The van der Waals surface area contributed by atoms with Crippen LogP contribution >= 0.6 is 0 Å². The second kappa shape index (κ2) is 10.0. The van der Waals surface area contributed by atoms with E-state index in [4.69, 9.17) is 4.74 Å². The minimum Gasteiger partial charge on any atom is -0.439 e. The number of carbonyl (C=O) groups excluding carboxylic acids is 2. The maximum Gasteiger partial charge on any atom is 0.490 e. The number of ether oxygens (including phenoxy) is 1. The molecule has 33 heavy (non-hydrogen) atoms. The van der Waals surface area contributed by atoms with E-state index in [9.17, 15) is 27.9 Å². The molecular formula is C24H33F3N2O4. The Kier molecular flexibility index (Phi) is 7.73. The molecule has 2 aliphatic rings. The summed E-state index contributed by atoms with van der Waals surface area (Å²) in [4.78, 5) is 28.1. The van der Waals surface area contributed by atoms with Crippen LogP contribution in [0.2, 0.25) is 0 Å². The molecule has 2 aliphatic heterocycles. The molecule has 0 saturated carbocycles. The lowest BCUT2D eigenvalue weighted by Gasteiger charge is -2.46. The van der Waals surface area contributed by atoms with Gasteiger partial charge in [0.2, 0.25) is 0 Å². The van der Waals surface area contributed by atoms with Crippen LogP contribution < -0.4 is 0 Å². The summed E-state index contributed by atoms with van der Waals surface area (Å²) in [5.41, 5.74) is 1.12. The summed E-state index contributed by atoms with van der Waals surface area (Å²) < 4.78 is 43.2. The van der Waals surface area contributed by atoms with Gasteiger partial charge >= 0.3 is 12.1 Å². The van der Waals surface area contributed by atoms with Gasteiger partial charge in [0.05, 0.1) is 6.61 Å². The number of amides is 1. The van der Waals surface area contributed by atoms with E-state index < -0.39 is 23.8 Å². The number of aliphatic hydroxyl groups is 1. The van der Waals surface area contributed by atoms with Crippen molar-refractivity contribution in [2.45, 2.75) is 70.3 Å². The van der Waals surface area contributed by atoms with Gasteiger partial charge < -0.3 is 14.7 Å². The van der Waals surface area contributed by atoms with Crippen LogP contribution in [0.4, 0.5) is 13.2 Å². The molecule has 2 heterocycles. The number of hydrogen-bond donors (Lipinski definition) is 1. The summed E-state index contributed by atoms with van der Waals surface area (Å²) in [6.45, 7) is 7.20. The zero-order valence-corrected chi connectivity index (χ0v) is 19.4. The van der Waals surface area contributed by atoms with Crippen molar-refractivity contribution in [3.63, 3.8) is 0 Å². The lowest BCUT2D eigenvalue weighted by Crippen LogP contribution is -2.56. The molecule has 1 amide bonds. The summed E-state index contributed by atoms with van der Waals surface area (Å²) in [5.74, 6) is -2.42. The Balaban J connectivity index is 1.62. The highest BCUT2D eigenvalue weighted by atomic mass is 19.4. The minimum absolute atomic E-state index is 0.00218. The molecule has 184 valence electrons. The highest BCUT2D eigenvalue weighted by Crippen LogP contribution is 2.32. The summed E-state index contributed by atoms with van der Waals surface area (Å²) in [5, 5.41) is 9.52. The van der Waals surface area contributed by atoms with Gasteiger partial charge in [0, 0.05) is 42.6 Å². The summed E-state index contributed by atoms with van der Waals surface area (Å²) in [7, 11) is 0. The van der Waals surface area contributed by atoms with Crippen molar-refractivity contribution in [3.05, 3.63) is 35.4 Å². The van der Waals surface area contributed by atoms with Gasteiger partial charge in [-0.1, -0.05) is 32.9 Å². The molecular weight excluding hydrogens is 437 g/mol. The largest absolute Gasteiger partial charge is 0.490 e. The van der Waals surface area contributed by atoms with Crippen LogP contribution in [0.15, 0.2) is 24.3 Å². The topological polar surface area (TPSA) is 70.1 Å². The number of esters is 1. The number of carbonyl (C=O) groups is 2. The molecule has 1 aromatic carbocycles. The molecule has 2 fully saturated rings. The van der Waals surface area contributed by atoms with Gasteiger partial charge in [0.15, 0.2) is 6.23 Å². The smallest absolute Gasteiger partial charge is 0.439 e. The standard InChI is InChI=1S/C24H33F3N2O4/c1-16-5-4-12-29(21(16)33-22(32)24(25,26)27)19-10-13-28(14-11-19)20(31)17-6-8-18(9-7-17)23(2,3)15-30/h6-9,16,19,21,30H,4-5,10-15H2,1-3H3. The van der Waals surface area contributed by atoms with Crippen LogP contribution in [0.25, 0.3) is 0 Å². The van der Waals surface area contributed by atoms with E-state index in [1.807, 2.05) is 30.9 Å². The molecule has 0 aromatic heterocycles. The van der Waals surface area contributed by atoms with Crippen LogP contribution in [0, 0.1) is 5.92 Å². The first-order chi connectivity index (χ1) is 15.4. The fourth-order valence-electron chi connectivity index (χ4n) is 4.68. The van der Waals surface area contributed by atoms with E-state index in [1.54, 1.807) is 24.0 Å². The van der Waals surface area contributed by atoms with Gasteiger partial charge in [-0.25, -0.2) is 4.79 Å². The number of rotatable bonds is 5. The Hall–Kier alpha value is -2.13. The van der Waals surface area contributed by atoms with Crippen LogP contribution in [-0.4, -0.2) is 71.5 Å². The Morgan fingerprint density at radius 3 is 2.21 bits per heavy atom. The number of nitrogens with zero attached hydrogens (tertiary/aromatic N) is 2. The third-order valence-electron chi connectivity index (χ3n) is 6.88. The lowest BCUT2D eigenvalue weighted by molar-refractivity contribution is -0.222. The zero-order chi connectivity index (χ0) is 24.4. The maximum atomic E-state index is 13.0. The monoisotopic (exact) mass is 470 g/mol. The third-order valence-corrected chi connectivity index (χ3v) is 6.88. The first-order valence-corrected chi connectivity index (χ1v) is 11.5. The van der Waals surface area contributed by atoms with E-state index in [1.165, 1.54) is 0 Å². The average molecular weight is 471 g/mol. The molecule has 2 saturated heterocycles. The van der Waals surface area contributed by atoms with Gasteiger partial charge in [-0.2, -0.15) is 13.2 Å². The fourth-order valence-corrected chi connectivity index (χ4v) is 4.68. The van der Waals surface area contributed by atoms with Crippen molar-refractivity contribution >= 4 is 11.9 Å². The zero-order valence-electron chi connectivity index (χ0n) is 19.4. The van der Waals surface area contributed by atoms with Crippen LogP contribution in [0.3, 0.4) is 0 Å². The van der Waals surface area contributed by atoms with E-state index in [-0.39, 0.29) is 24.5 Å². The molecule has 0 aliphatic carbocycles. The number of likely N-dealkylation sites (tertiary alicyclic amines) is 2. The van der Waals surface area contributed by atoms with Gasteiger partial charge in [-0.05, 0) is 43.4 Å². The SMILES string of the molecule is CC1CCCN(C2CCN(C(=O)c3ccc(C(C)(C)CO)cc3)CC2)C1OC(=O)C(F)(F)F. The van der Waals surface area contributed by atoms with E-state index in [2.05, 4.69) is 0 Å². The Morgan fingerprint density at radius 1 is 1.06 bits per heavy atom. The first kappa shape index (κ1) is 25.5. The van der Waals surface area contributed by atoms with E-state index in [0.717, 1.165) is 12.0 Å². The van der Waals surface area contributed by atoms with Crippen molar-refractivity contribution < 1.29 is 32.6 Å². The van der Waals surface area contributed by atoms with Gasteiger partial charge in [0.1, 0.15) is 0 Å². The molecule has 3 rings (SSSR count). The maximum absolute atomic E-state index is 13.0. The fraction of sp³-hybridized carbons (Fsp3) is 0.667. The molecule has 1 aromatic rings. The van der Waals surface area contributed by atoms with Crippen molar-refractivity contribution in [1.82, 2.24) is 9.80 Å². The molecule has 6 nitrogen and oxygen atoms in total. The number of hydrogen-bond acceptors (Lipinski definition) is 5. The van der Waals surface area contributed by atoms with Crippen molar-refractivity contribution in [1.29, 1.82) is 0 Å². The Labute approximate surface area is 192 Å². The quantitative estimate of drug-likeness (QED) is 0.665. The van der Waals surface area contributed by atoms with Crippen molar-refractivity contribution in [2.24, 2.45) is 5.92 Å². The van der Waals surface area contributed by atoms with E-state index >= 15 is 0 Å². The van der Waals surface area contributed by atoms with Gasteiger partial charge in [0.25, 0.3) is 5.91 Å². The number of benzene rings is 1. The highest BCUT2D eigenvalue weighted by molar-refractivity contribution is 5.94. The highest BCUT2D eigenvalue weighted by Gasteiger charge is 2.46. The van der Waals surface area contributed by atoms with E-state index in [0.29, 0.717) is 44.5 Å². The second-order valence-corrected chi connectivity index (χ2v) is 9.79. The third kappa shape index (κ3) is 5.87. The lowest BCUT2D eigenvalue weighted by atomic mass is 9.85. The number of aliphatic hydroxyl groups excluding tert-OH is 1. The van der Waals surface area contributed by atoms with Crippen LogP contribution in [-0.2, 0) is 14.9 Å². The molecule has 0 spiro atoms. The Morgan fingerprint density at radius 2 is 1.67 bits per heavy atom. The first-order valence-electron chi connectivity index (χ1n) is 11.5. The molecule has 0 radical (unpaired) electrons. The molecule has 2 unspecified atom stereocenters. The summed E-state index contributed by atoms with van der Waals surface area (Å²) >= 11 is 0. The van der Waals surface area contributed by atoms with Crippen molar-refractivity contribution in [2.75, 3.05) is 26.2 Å². The number of alkyl halides is 3. The van der Waals surface area contributed by atoms with Crippen molar-refractivity contribution in [3.8, 4) is 0 Å². The van der Waals surface area contributed by atoms with Gasteiger partial charge in [-0.3, -0.25) is 9.69 Å². The molecule has 9 heteroatoms. The number of halogens is 3. The Bertz CT molecular complexity index is 833. The predicted octanol–water partition coefficient (Wildman–Crippen LogP) is 3.72. The molecule has 0 bridgehead atoms. The van der Waals surface area contributed by atoms with Crippen LogP contribution in [0.1, 0.15) is 62.4 Å². The van der Waals surface area contributed by atoms with Gasteiger partial charge in [-0.15, -0.1) is 0 Å². The number of piperidine rings is 2. The summed E-state index contributed by atoms with van der Waals surface area (Å²) in [6.07, 6.45) is -3.17. The minimum atomic E-state index is -5.01. The predicted molar refractivity (Wildman–Crippen MR) is 117 cm³/mol. The van der Waals surface area contributed by atoms with Crippen LogP contribution in [0.5, 0.6) is 0 Å². The average Bonchev–Trinajstić information content (AvgIpc) is 2.79. The molecule has 1 N–H and O–H groups in total. The second-order valence-electron chi connectivity index (χ2n) is 9.79. The normalized spacial score (nSPS) is 23.4. The molecule has 2 atom stereocenters. The summed E-state index contributed by atoms with van der Waals surface area (Å²) in [6, 6.07) is 7.19.